The molecular formula is C12H9BrClFO2. The van der Waals surface area contributed by atoms with Crippen molar-refractivity contribution in [1.29, 1.82) is 0 Å². The van der Waals surface area contributed by atoms with E-state index in [1.807, 2.05) is 0 Å². The van der Waals surface area contributed by atoms with Crippen LogP contribution in [0.4, 0.5) is 4.39 Å². The van der Waals surface area contributed by atoms with Gasteiger partial charge < -0.3 is 9.52 Å². The van der Waals surface area contributed by atoms with Gasteiger partial charge in [0.15, 0.2) is 5.22 Å². The normalized spacial score (nSPS) is 12.7. The molecule has 0 aliphatic rings. The van der Waals surface area contributed by atoms with E-state index in [9.17, 15) is 9.50 Å². The van der Waals surface area contributed by atoms with Gasteiger partial charge in [-0.1, -0.05) is 6.07 Å². The maximum Gasteiger partial charge on any atom is 0.198 e. The highest BCUT2D eigenvalue weighted by molar-refractivity contribution is 9.10. The van der Waals surface area contributed by atoms with E-state index in [0.29, 0.717) is 16.5 Å². The third-order valence-corrected chi connectivity index (χ3v) is 3.33. The molecule has 1 N–H and O–H groups in total. The monoisotopic (exact) mass is 318 g/mol. The zero-order valence-electron chi connectivity index (χ0n) is 8.66. The van der Waals surface area contributed by atoms with Crippen LogP contribution in [-0.4, -0.2) is 5.11 Å². The molecule has 1 unspecified atom stereocenters. The molecule has 1 aromatic heterocycles. The fourth-order valence-electron chi connectivity index (χ4n) is 1.54. The lowest BCUT2D eigenvalue weighted by molar-refractivity contribution is 0.177. The molecule has 0 fully saturated rings. The number of aliphatic hydroxyl groups is 1. The topological polar surface area (TPSA) is 33.4 Å². The minimum absolute atomic E-state index is 0.179. The summed E-state index contributed by atoms with van der Waals surface area (Å²) >= 11 is 8.86. The van der Waals surface area contributed by atoms with Gasteiger partial charge >= 0.3 is 0 Å². The van der Waals surface area contributed by atoms with Crippen LogP contribution >= 0.6 is 27.5 Å². The van der Waals surface area contributed by atoms with Gasteiger partial charge in [-0.2, -0.15) is 0 Å². The molecule has 5 heteroatoms. The van der Waals surface area contributed by atoms with Gasteiger partial charge in [-0.15, -0.1) is 0 Å². The standard InChI is InChI=1S/C12H9BrClFO2/c13-9-5-7(1-2-10(9)15)6-11(16)8-3-4-17-12(8)14/h1-5,11,16H,6H2. The van der Waals surface area contributed by atoms with Gasteiger partial charge in [-0.25, -0.2) is 4.39 Å². The average molecular weight is 320 g/mol. The summed E-state index contributed by atoms with van der Waals surface area (Å²) < 4.78 is 18.3. The third kappa shape index (κ3) is 2.89. The summed E-state index contributed by atoms with van der Waals surface area (Å²) in [5.41, 5.74) is 1.34. The second-order valence-corrected chi connectivity index (χ2v) is 4.82. The molecule has 0 amide bonds. The zero-order valence-corrected chi connectivity index (χ0v) is 11.0. The number of rotatable bonds is 3. The van der Waals surface area contributed by atoms with Crippen molar-refractivity contribution in [2.75, 3.05) is 0 Å². The summed E-state index contributed by atoms with van der Waals surface area (Å²) in [6.45, 7) is 0. The number of hydrogen-bond donors (Lipinski definition) is 1. The summed E-state index contributed by atoms with van der Waals surface area (Å²) in [7, 11) is 0. The van der Waals surface area contributed by atoms with Crippen molar-refractivity contribution in [2.45, 2.75) is 12.5 Å². The molecule has 0 aliphatic carbocycles. The summed E-state index contributed by atoms with van der Waals surface area (Å²) in [4.78, 5) is 0. The molecule has 0 saturated carbocycles. The van der Waals surface area contributed by atoms with Crippen LogP contribution in [0.15, 0.2) is 39.4 Å². The Labute approximate surface area is 111 Å². The lowest BCUT2D eigenvalue weighted by Gasteiger charge is -2.09. The lowest BCUT2D eigenvalue weighted by Crippen LogP contribution is -2.01. The highest BCUT2D eigenvalue weighted by Crippen LogP contribution is 2.27. The van der Waals surface area contributed by atoms with Crippen molar-refractivity contribution in [3.8, 4) is 0 Å². The van der Waals surface area contributed by atoms with E-state index in [0.717, 1.165) is 5.56 Å². The van der Waals surface area contributed by atoms with Gasteiger partial charge in [0, 0.05) is 12.0 Å². The molecule has 0 bridgehead atoms. The molecule has 90 valence electrons. The maximum atomic E-state index is 13.0. The van der Waals surface area contributed by atoms with Crippen molar-refractivity contribution < 1.29 is 13.9 Å². The van der Waals surface area contributed by atoms with Crippen molar-refractivity contribution in [3.63, 3.8) is 0 Å². The molecule has 17 heavy (non-hydrogen) atoms. The zero-order chi connectivity index (χ0) is 12.4. The van der Waals surface area contributed by atoms with Gasteiger partial charge in [0.25, 0.3) is 0 Å². The highest BCUT2D eigenvalue weighted by Gasteiger charge is 2.15. The largest absolute Gasteiger partial charge is 0.453 e. The second kappa shape index (κ2) is 5.21. The first kappa shape index (κ1) is 12.6. The number of hydrogen-bond acceptors (Lipinski definition) is 2. The van der Waals surface area contributed by atoms with Crippen molar-refractivity contribution >= 4 is 27.5 Å². The van der Waals surface area contributed by atoms with Crippen molar-refractivity contribution in [1.82, 2.24) is 0 Å². The van der Waals surface area contributed by atoms with E-state index < -0.39 is 6.10 Å². The Hall–Kier alpha value is -0.840. The van der Waals surface area contributed by atoms with Crippen LogP contribution in [0.5, 0.6) is 0 Å². The van der Waals surface area contributed by atoms with E-state index in [2.05, 4.69) is 15.9 Å². The van der Waals surface area contributed by atoms with Gasteiger partial charge in [0.1, 0.15) is 5.82 Å². The Morgan fingerprint density at radius 1 is 1.41 bits per heavy atom. The van der Waals surface area contributed by atoms with E-state index in [1.54, 1.807) is 18.2 Å². The van der Waals surface area contributed by atoms with E-state index in [1.165, 1.54) is 12.3 Å². The number of benzene rings is 1. The molecule has 2 aromatic rings. The Morgan fingerprint density at radius 2 is 2.18 bits per heavy atom. The third-order valence-electron chi connectivity index (χ3n) is 2.42. The second-order valence-electron chi connectivity index (χ2n) is 3.62. The molecule has 0 spiro atoms. The summed E-state index contributed by atoms with van der Waals surface area (Å²) in [5, 5.41) is 10.1. The molecule has 0 radical (unpaired) electrons. The highest BCUT2D eigenvalue weighted by atomic mass is 79.9. The minimum Gasteiger partial charge on any atom is -0.453 e. The molecule has 0 saturated heterocycles. The van der Waals surface area contributed by atoms with Gasteiger partial charge in [-0.05, 0) is 51.3 Å². The van der Waals surface area contributed by atoms with Crippen LogP contribution in [0.2, 0.25) is 5.22 Å². The fourth-order valence-corrected chi connectivity index (χ4v) is 2.21. The summed E-state index contributed by atoms with van der Waals surface area (Å²) in [6, 6.07) is 6.22. The van der Waals surface area contributed by atoms with Crippen LogP contribution in [-0.2, 0) is 6.42 Å². The predicted octanol–water partition coefficient (Wildman–Crippen LogP) is 4.11. The number of furan rings is 1. The molecule has 0 aliphatic heterocycles. The Balaban J connectivity index is 2.16. The number of aliphatic hydroxyl groups excluding tert-OH is 1. The SMILES string of the molecule is OC(Cc1ccc(F)c(Br)c1)c1ccoc1Cl. The molecular weight excluding hydrogens is 310 g/mol. The van der Waals surface area contributed by atoms with Crippen molar-refractivity contribution in [2.24, 2.45) is 0 Å². The van der Waals surface area contributed by atoms with Crippen LogP contribution in [0.25, 0.3) is 0 Å². The average Bonchev–Trinajstić information content (AvgIpc) is 2.70. The Kier molecular flexibility index (Phi) is 3.86. The smallest absolute Gasteiger partial charge is 0.198 e. The quantitative estimate of drug-likeness (QED) is 0.923. The van der Waals surface area contributed by atoms with E-state index in [-0.39, 0.29) is 11.0 Å². The molecule has 1 heterocycles. The van der Waals surface area contributed by atoms with Crippen LogP contribution in [0.3, 0.4) is 0 Å². The first-order valence-electron chi connectivity index (χ1n) is 4.93. The molecule has 2 nitrogen and oxygen atoms in total. The molecule has 1 atom stereocenters. The lowest BCUT2D eigenvalue weighted by atomic mass is 10.0. The van der Waals surface area contributed by atoms with Crippen LogP contribution in [0, 0.1) is 5.82 Å². The van der Waals surface area contributed by atoms with Gasteiger partial charge in [-0.3, -0.25) is 0 Å². The molecule has 1 aromatic carbocycles. The fraction of sp³-hybridized carbons (Fsp3) is 0.167. The summed E-state index contributed by atoms with van der Waals surface area (Å²) in [5.74, 6) is -0.329. The first-order chi connectivity index (χ1) is 8.08. The Morgan fingerprint density at radius 3 is 2.76 bits per heavy atom. The summed E-state index contributed by atoms with van der Waals surface area (Å²) in [6.07, 6.45) is 0.998. The van der Waals surface area contributed by atoms with Crippen LogP contribution < -0.4 is 0 Å². The van der Waals surface area contributed by atoms with E-state index >= 15 is 0 Å². The predicted molar refractivity (Wildman–Crippen MR) is 66.5 cm³/mol. The van der Waals surface area contributed by atoms with Crippen molar-refractivity contribution in [3.05, 3.63) is 57.2 Å². The van der Waals surface area contributed by atoms with Gasteiger partial charge in [0.05, 0.1) is 16.8 Å². The number of halogens is 3. The maximum absolute atomic E-state index is 13.0. The minimum atomic E-state index is -0.765. The first-order valence-corrected chi connectivity index (χ1v) is 6.10. The molecule has 2 rings (SSSR count). The van der Waals surface area contributed by atoms with E-state index in [4.69, 9.17) is 16.0 Å². The Bertz CT molecular complexity index is 527. The van der Waals surface area contributed by atoms with Crippen LogP contribution in [0.1, 0.15) is 17.2 Å². The van der Waals surface area contributed by atoms with Gasteiger partial charge in [0.2, 0.25) is 0 Å².